The van der Waals surface area contributed by atoms with Crippen molar-refractivity contribution in [1.29, 1.82) is 0 Å². The van der Waals surface area contributed by atoms with Gasteiger partial charge in [-0.1, -0.05) is 48.5 Å². The SMILES string of the molecule is CCOC(=O)c1cccc2nc(OCC)n(Cc3ccc(OC(C(=O)O)c4ccccc4)cc3)c12. The lowest BCUT2D eigenvalue weighted by atomic mass is 10.1. The average Bonchev–Trinajstić information content (AvgIpc) is 3.21. The number of para-hydroxylation sites is 1. The van der Waals surface area contributed by atoms with E-state index in [4.69, 9.17) is 14.2 Å². The summed E-state index contributed by atoms with van der Waals surface area (Å²) < 4.78 is 18.6. The summed E-state index contributed by atoms with van der Waals surface area (Å²) >= 11 is 0. The van der Waals surface area contributed by atoms with Gasteiger partial charge in [0, 0.05) is 5.56 Å². The molecule has 1 aromatic heterocycles. The molecule has 8 nitrogen and oxygen atoms in total. The first-order chi connectivity index (χ1) is 17.0. The number of carbonyl (C=O) groups excluding carboxylic acids is 1. The van der Waals surface area contributed by atoms with Crippen molar-refractivity contribution in [2.24, 2.45) is 0 Å². The van der Waals surface area contributed by atoms with E-state index in [2.05, 4.69) is 4.98 Å². The topological polar surface area (TPSA) is 99.9 Å². The number of fused-ring (bicyclic) bond motifs is 1. The second-order valence-corrected chi connectivity index (χ2v) is 7.70. The predicted octanol–water partition coefficient (Wildman–Crippen LogP) is 4.86. The molecule has 0 aliphatic rings. The predicted molar refractivity (Wildman–Crippen MR) is 130 cm³/mol. The average molecular weight is 475 g/mol. The Morgan fingerprint density at radius 2 is 1.69 bits per heavy atom. The summed E-state index contributed by atoms with van der Waals surface area (Å²) in [6.07, 6.45) is -1.11. The molecular weight excluding hydrogens is 448 g/mol. The minimum atomic E-state index is -1.11. The smallest absolute Gasteiger partial charge is 0.349 e. The highest BCUT2D eigenvalue weighted by Crippen LogP contribution is 2.28. The first kappa shape index (κ1) is 23.8. The first-order valence-corrected chi connectivity index (χ1v) is 11.3. The summed E-state index contributed by atoms with van der Waals surface area (Å²) in [6, 6.07) is 21.6. The fraction of sp³-hybridized carbons (Fsp3) is 0.222. The number of esters is 1. The van der Waals surface area contributed by atoms with Gasteiger partial charge in [0.15, 0.2) is 0 Å². The Kier molecular flexibility index (Phi) is 7.30. The molecule has 1 heterocycles. The number of carboxylic acid groups (broad SMARTS) is 1. The highest BCUT2D eigenvalue weighted by atomic mass is 16.5. The highest BCUT2D eigenvalue weighted by Gasteiger charge is 2.22. The maximum Gasteiger partial charge on any atom is 0.349 e. The van der Waals surface area contributed by atoms with E-state index in [-0.39, 0.29) is 6.61 Å². The van der Waals surface area contributed by atoms with Crippen LogP contribution in [-0.2, 0) is 16.1 Å². The highest BCUT2D eigenvalue weighted by molar-refractivity contribution is 6.02. The van der Waals surface area contributed by atoms with Crippen LogP contribution < -0.4 is 9.47 Å². The van der Waals surface area contributed by atoms with Crippen molar-refractivity contribution < 1.29 is 28.9 Å². The van der Waals surface area contributed by atoms with Crippen LogP contribution in [0, 0.1) is 0 Å². The van der Waals surface area contributed by atoms with Crippen molar-refractivity contribution in [3.05, 3.63) is 89.5 Å². The molecular formula is C27H26N2O6. The molecule has 1 N–H and O–H groups in total. The maximum atomic E-state index is 12.6. The lowest BCUT2D eigenvalue weighted by Crippen LogP contribution is -2.18. The van der Waals surface area contributed by atoms with Crippen LogP contribution in [0.3, 0.4) is 0 Å². The quantitative estimate of drug-likeness (QED) is 0.328. The normalized spacial score (nSPS) is 11.7. The minimum Gasteiger partial charge on any atom is -0.478 e. The number of hydrogen-bond acceptors (Lipinski definition) is 6. The van der Waals surface area contributed by atoms with Crippen LogP contribution in [-0.4, -0.2) is 39.8 Å². The van der Waals surface area contributed by atoms with E-state index in [1.54, 1.807) is 55.5 Å². The maximum absolute atomic E-state index is 12.6. The van der Waals surface area contributed by atoms with Crippen molar-refractivity contribution >= 4 is 23.0 Å². The van der Waals surface area contributed by atoms with Crippen LogP contribution in [0.4, 0.5) is 0 Å². The Morgan fingerprint density at radius 3 is 2.34 bits per heavy atom. The Bertz CT molecular complexity index is 1320. The molecule has 0 saturated heterocycles. The zero-order valence-corrected chi connectivity index (χ0v) is 19.5. The number of rotatable bonds is 10. The Balaban J connectivity index is 1.63. The van der Waals surface area contributed by atoms with Gasteiger partial charge in [0.2, 0.25) is 6.10 Å². The summed E-state index contributed by atoms with van der Waals surface area (Å²) in [5.74, 6) is -1.07. The van der Waals surface area contributed by atoms with Crippen molar-refractivity contribution in [3.8, 4) is 11.8 Å². The molecule has 4 aromatic rings. The zero-order chi connectivity index (χ0) is 24.8. The number of aliphatic carboxylic acids is 1. The van der Waals surface area contributed by atoms with Gasteiger partial charge in [0.25, 0.3) is 6.01 Å². The number of nitrogens with zero attached hydrogens (tertiary/aromatic N) is 2. The van der Waals surface area contributed by atoms with Crippen molar-refractivity contribution in [2.45, 2.75) is 26.5 Å². The molecule has 0 spiro atoms. The fourth-order valence-corrected chi connectivity index (χ4v) is 3.80. The van der Waals surface area contributed by atoms with Gasteiger partial charge >= 0.3 is 11.9 Å². The van der Waals surface area contributed by atoms with Crippen LogP contribution in [0.1, 0.15) is 41.4 Å². The number of benzene rings is 3. The van der Waals surface area contributed by atoms with Crippen LogP contribution in [0.25, 0.3) is 11.0 Å². The summed E-state index contributed by atoms with van der Waals surface area (Å²) in [6.45, 7) is 4.69. The third-order valence-electron chi connectivity index (χ3n) is 5.35. The fourth-order valence-electron chi connectivity index (χ4n) is 3.80. The Morgan fingerprint density at radius 1 is 0.943 bits per heavy atom. The van der Waals surface area contributed by atoms with Gasteiger partial charge < -0.3 is 19.3 Å². The molecule has 4 rings (SSSR count). The number of ether oxygens (including phenoxy) is 3. The molecule has 0 fully saturated rings. The van der Waals surface area contributed by atoms with Crippen molar-refractivity contribution in [3.63, 3.8) is 0 Å². The van der Waals surface area contributed by atoms with E-state index < -0.39 is 18.0 Å². The lowest BCUT2D eigenvalue weighted by molar-refractivity contribution is -0.145. The number of imidazole rings is 1. The molecule has 35 heavy (non-hydrogen) atoms. The van der Waals surface area contributed by atoms with Crippen LogP contribution in [0.2, 0.25) is 0 Å². The van der Waals surface area contributed by atoms with Gasteiger partial charge in [0.05, 0.1) is 36.4 Å². The Hall–Kier alpha value is -4.33. The summed E-state index contributed by atoms with van der Waals surface area (Å²) in [5, 5.41) is 9.62. The van der Waals surface area contributed by atoms with Crippen LogP contribution in [0.15, 0.2) is 72.8 Å². The third kappa shape index (κ3) is 5.27. The molecule has 0 radical (unpaired) electrons. The van der Waals surface area contributed by atoms with Crippen molar-refractivity contribution in [2.75, 3.05) is 13.2 Å². The molecule has 180 valence electrons. The number of hydrogen-bond donors (Lipinski definition) is 1. The van der Waals surface area contributed by atoms with E-state index >= 15 is 0 Å². The lowest BCUT2D eigenvalue weighted by Gasteiger charge is -2.16. The van der Waals surface area contributed by atoms with Gasteiger partial charge in [-0.25, -0.2) is 9.59 Å². The third-order valence-corrected chi connectivity index (χ3v) is 5.35. The van der Waals surface area contributed by atoms with Gasteiger partial charge in [-0.05, 0) is 43.7 Å². The second-order valence-electron chi connectivity index (χ2n) is 7.70. The molecule has 1 atom stereocenters. The van der Waals surface area contributed by atoms with Gasteiger partial charge in [-0.15, -0.1) is 0 Å². The van der Waals surface area contributed by atoms with E-state index in [1.807, 2.05) is 35.8 Å². The van der Waals surface area contributed by atoms with Gasteiger partial charge in [-0.2, -0.15) is 4.98 Å². The van der Waals surface area contributed by atoms with E-state index in [0.717, 1.165) is 5.56 Å². The van der Waals surface area contributed by atoms with E-state index in [0.29, 0.717) is 47.1 Å². The van der Waals surface area contributed by atoms with E-state index in [1.165, 1.54) is 0 Å². The number of carbonyl (C=O) groups is 2. The summed E-state index contributed by atoms with van der Waals surface area (Å²) in [7, 11) is 0. The molecule has 0 bridgehead atoms. The molecule has 3 aromatic carbocycles. The molecule has 1 unspecified atom stereocenters. The van der Waals surface area contributed by atoms with Crippen LogP contribution in [0.5, 0.6) is 11.8 Å². The second kappa shape index (κ2) is 10.7. The van der Waals surface area contributed by atoms with Gasteiger partial charge in [0.1, 0.15) is 5.75 Å². The summed E-state index contributed by atoms with van der Waals surface area (Å²) in [4.78, 5) is 28.9. The zero-order valence-electron chi connectivity index (χ0n) is 19.5. The Labute approximate surface area is 202 Å². The first-order valence-electron chi connectivity index (χ1n) is 11.3. The van der Waals surface area contributed by atoms with E-state index in [9.17, 15) is 14.7 Å². The molecule has 0 aliphatic carbocycles. The molecule has 0 amide bonds. The van der Waals surface area contributed by atoms with Gasteiger partial charge in [-0.3, -0.25) is 4.57 Å². The number of aromatic nitrogens is 2. The minimum absolute atomic E-state index is 0.267. The largest absolute Gasteiger partial charge is 0.478 e. The monoisotopic (exact) mass is 474 g/mol. The standard InChI is InChI=1S/C27H26N2O6/c1-3-33-26(32)21-11-8-12-22-23(21)29(27(28-22)34-4-2)17-18-13-15-20(16-14-18)35-24(25(30)31)19-9-6-5-7-10-19/h5-16,24H,3-4,17H2,1-2H3,(H,30,31). The molecule has 0 saturated carbocycles. The van der Waals surface area contributed by atoms with Crippen LogP contribution >= 0.6 is 0 Å². The molecule has 0 aliphatic heterocycles. The van der Waals surface area contributed by atoms with Crippen molar-refractivity contribution in [1.82, 2.24) is 9.55 Å². The molecule has 8 heteroatoms. The number of carboxylic acids is 1. The summed E-state index contributed by atoms with van der Waals surface area (Å²) in [5.41, 5.74) is 3.12.